The van der Waals surface area contributed by atoms with Gasteiger partial charge in [0.2, 0.25) is 0 Å². The van der Waals surface area contributed by atoms with Crippen molar-refractivity contribution in [2.45, 2.75) is 6.92 Å². The molecule has 0 aliphatic rings. The van der Waals surface area contributed by atoms with Crippen molar-refractivity contribution in [3.8, 4) is 11.8 Å². The molecule has 0 aliphatic carbocycles. The van der Waals surface area contributed by atoms with Gasteiger partial charge in [-0.1, -0.05) is 30.9 Å². The minimum absolute atomic E-state index is 0.672. The molecule has 0 fully saturated rings. The number of hydrogen-bond donors (Lipinski definition) is 0. The average Bonchev–Trinajstić information content (AvgIpc) is 2.78. The second kappa shape index (κ2) is 4.71. The fraction of sp³-hybridized carbons (Fsp3) is 0.0556. The largest absolute Gasteiger partial charge is 0.313 e. The van der Waals surface area contributed by atoms with E-state index in [1.54, 1.807) is 0 Å². The molecular formula is C18H14N2. The van der Waals surface area contributed by atoms with Gasteiger partial charge in [-0.05, 0) is 37.3 Å². The molecule has 1 aromatic heterocycles. The van der Waals surface area contributed by atoms with Crippen molar-refractivity contribution in [1.29, 1.82) is 5.26 Å². The molecule has 0 unspecified atom stereocenters. The lowest BCUT2D eigenvalue weighted by Gasteiger charge is -2.08. The fourth-order valence-electron chi connectivity index (χ4n) is 2.68. The summed E-state index contributed by atoms with van der Waals surface area (Å²) in [4.78, 5) is 0. The van der Waals surface area contributed by atoms with E-state index in [-0.39, 0.29) is 0 Å². The Kier molecular flexibility index (Phi) is 2.89. The second-order valence-corrected chi connectivity index (χ2v) is 4.72. The summed E-state index contributed by atoms with van der Waals surface area (Å²) in [7, 11) is 0. The van der Waals surface area contributed by atoms with Crippen molar-refractivity contribution >= 4 is 17.0 Å². The van der Waals surface area contributed by atoms with Gasteiger partial charge in [0.05, 0.1) is 17.1 Å². The lowest BCUT2D eigenvalue weighted by Crippen LogP contribution is -1.96. The highest BCUT2D eigenvalue weighted by atomic mass is 15.0. The summed E-state index contributed by atoms with van der Waals surface area (Å²) in [5.41, 5.74) is 5.11. The number of fused-ring (bicyclic) bond motifs is 1. The summed E-state index contributed by atoms with van der Waals surface area (Å²) in [6, 6.07) is 18.2. The normalized spacial score (nSPS) is 10.4. The number of nitriles is 1. The van der Waals surface area contributed by atoms with Crippen LogP contribution in [0.4, 0.5) is 0 Å². The molecule has 0 bridgehead atoms. The minimum atomic E-state index is 0.672. The summed E-state index contributed by atoms with van der Waals surface area (Å²) in [6.07, 6.45) is 1.86. The van der Waals surface area contributed by atoms with Gasteiger partial charge < -0.3 is 4.57 Å². The molecule has 0 spiro atoms. The molecule has 0 amide bonds. The maximum Gasteiger partial charge on any atom is 0.0991 e. The van der Waals surface area contributed by atoms with E-state index in [0.717, 1.165) is 27.8 Å². The van der Waals surface area contributed by atoms with E-state index in [0.29, 0.717) is 5.56 Å². The standard InChI is InChI=1S/C18H14N2/c1-3-16-13(2)20(15-7-5-4-6-8-15)18-10-9-14(12-19)11-17(16)18/h3-11H,1H2,2H3. The van der Waals surface area contributed by atoms with E-state index >= 15 is 0 Å². The molecule has 2 aromatic carbocycles. The van der Waals surface area contributed by atoms with Crippen molar-refractivity contribution < 1.29 is 0 Å². The Labute approximate surface area is 118 Å². The summed E-state index contributed by atoms with van der Waals surface area (Å²) < 4.78 is 2.20. The number of benzene rings is 2. The molecule has 0 saturated carbocycles. The van der Waals surface area contributed by atoms with Crippen LogP contribution in [-0.4, -0.2) is 4.57 Å². The molecule has 2 nitrogen and oxygen atoms in total. The van der Waals surface area contributed by atoms with Crippen LogP contribution in [0.25, 0.3) is 22.7 Å². The maximum absolute atomic E-state index is 9.07. The van der Waals surface area contributed by atoms with Crippen molar-refractivity contribution in [2.75, 3.05) is 0 Å². The molecule has 0 atom stereocenters. The third-order valence-corrected chi connectivity index (χ3v) is 3.60. The van der Waals surface area contributed by atoms with Gasteiger partial charge in [-0.2, -0.15) is 5.26 Å². The molecule has 20 heavy (non-hydrogen) atoms. The smallest absolute Gasteiger partial charge is 0.0991 e. The van der Waals surface area contributed by atoms with E-state index in [1.165, 1.54) is 0 Å². The van der Waals surface area contributed by atoms with Crippen LogP contribution in [0.3, 0.4) is 0 Å². The van der Waals surface area contributed by atoms with Gasteiger partial charge in [-0.3, -0.25) is 0 Å². The quantitative estimate of drug-likeness (QED) is 0.667. The first-order chi connectivity index (χ1) is 9.76. The lowest BCUT2D eigenvalue weighted by atomic mass is 10.1. The molecular weight excluding hydrogens is 244 g/mol. The van der Waals surface area contributed by atoms with E-state index < -0.39 is 0 Å². The molecule has 2 heteroatoms. The molecule has 1 heterocycles. The summed E-state index contributed by atoms with van der Waals surface area (Å²) in [5, 5.41) is 10.1. The summed E-state index contributed by atoms with van der Waals surface area (Å²) >= 11 is 0. The predicted octanol–water partition coefficient (Wildman–Crippen LogP) is 4.45. The third-order valence-electron chi connectivity index (χ3n) is 3.60. The zero-order valence-corrected chi connectivity index (χ0v) is 11.3. The number of rotatable bonds is 2. The van der Waals surface area contributed by atoms with Crippen LogP contribution in [0.5, 0.6) is 0 Å². The first-order valence-corrected chi connectivity index (χ1v) is 6.49. The zero-order valence-electron chi connectivity index (χ0n) is 11.3. The Morgan fingerprint density at radius 2 is 1.90 bits per heavy atom. The monoisotopic (exact) mass is 258 g/mol. The zero-order chi connectivity index (χ0) is 14.1. The number of para-hydroxylation sites is 1. The summed E-state index contributed by atoms with van der Waals surface area (Å²) in [6.45, 7) is 5.99. The molecule has 3 rings (SSSR count). The molecule has 0 saturated heterocycles. The molecule has 96 valence electrons. The van der Waals surface area contributed by atoms with Crippen LogP contribution >= 0.6 is 0 Å². The van der Waals surface area contributed by atoms with Crippen molar-refractivity contribution in [1.82, 2.24) is 4.57 Å². The van der Waals surface area contributed by atoms with Gasteiger partial charge in [-0.15, -0.1) is 0 Å². The molecule has 0 radical (unpaired) electrons. The fourth-order valence-corrected chi connectivity index (χ4v) is 2.68. The Bertz CT molecular complexity index is 833. The molecule has 0 aliphatic heterocycles. The van der Waals surface area contributed by atoms with Crippen molar-refractivity contribution in [3.63, 3.8) is 0 Å². The first-order valence-electron chi connectivity index (χ1n) is 6.49. The molecule has 0 N–H and O–H groups in total. The van der Waals surface area contributed by atoms with E-state index in [9.17, 15) is 0 Å². The van der Waals surface area contributed by atoms with E-state index in [1.807, 2.05) is 42.5 Å². The topological polar surface area (TPSA) is 28.7 Å². The van der Waals surface area contributed by atoms with Gasteiger partial charge in [0.25, 0.3) is 0 Å². The second-order valence-electron chi connectivity index (χ2n) is 4.72. The number of aromatic nitrogens is 1. The van der Waals surface area contributed by atoms with Gasteiger partial charge in [0.15, 0.2) is 0 Å². The SMILES string of the molecule is C=Cc1c(C)n(-c2ccccc2)c2ccc(C#N)cc12. The van der Waals surface area contributed by atoms with Crippen LogP contribution in [0.15, 0.2) is 55.1 Å². The van der Waals surface area contributed by atoms with Crippen molar-refractivity contribution in [2.24, 2.45) is 0 Å². The molecule has 3 aromatic rings. The Morgan fingerprint density at radius 1 is 1.15 bits per heavy atom. The number of hydrogen-bond acceptors (Lipinski definition) is 1. The van der Waals surface area contributed by atoms with Gasteiger partial charge >= 0.3 is 0 Å². The van der Waals surface area contributed by atoms with E-state index in [4.69, 9.17) is 5.26 Å². The van der Waals surface area contributed by atoms with Crippen LogP contribution in [0.2, 0.25) is 0 Å². The lowest BCUT2D eigenvalue weighted by molar-refractivity contribution is 1.05. The third kappa shape index (κ3) is 1.72. The van der Waals surface area contributed by atoms with E-state index in [2.05, 4.69) is 36.3 Å². The van der Waals surface area contributed by atoms with Crippen molar-refractivity contribution in [3.05, 3.63) is 71.9 Å². The minimum Gasteiger partial charge on any atom is -0.313 e. The first kappa shape index (κ1) is 12.3. The highest BCUT2D eigenvalue weighted by Gasteiger charge is 2.13. The maximum atomic E-state index is 9.07. The van der Waals surface area contributed by atoms with Gasteiger partial charge in [-0.25, -0.2) is 0 Å². The van der Waals surface area contributed by atoms with Crippen LogP contribution in [0, 0.1) is 18.3 Å². The Morgan fingerprint density at radius 3 is 2.55 bits per heavy atom. The predicted molar refractivity (Wildman–Crippen MR) is 82.8 cm³/mol. The van der Waals surface area contributed by atoms with Crippen LogP contribution in [-0.2, 0) is 0 Å². The summed E-state index contributed by atoms with van der Waals surface area (Å²) in [5.74, 6) is 0. The Balaban J connectivity index is 2.42. The van der Waals surface area contributed by atoms with Gasteiger partial charge in [0.1, 0.15) is 0 Å². The highest BCUT2D eigenvalue weighted by Crippen LogP contribution is 2.30. The average molecular weight is 258 g/mol. The Hall–Kier alpha value is -2.79. The van der Waals surface area contributed by atoms with Crippen LogP contribution in [0.1, 0.15) is 16.8 Å². The highest BCUT2D eigenvalue weighted by molar-refractivity contribution is 5.93. The van der Waals surface area contributed by atoms with Gasteiger partial charge in [0, 0.05) is 22.3 Å². The number of nitrogens with zero attached hydrogens (tertiary/aromatic N) is 2. The van der Waals surface area contributed by atoms with Crippen LogP contribution < -0.4 is 0 Å².